The van der Waals surface area contributed by atoms with Crippen LogP contribution < -0.4 is 21.8 Å². The van der Waals surface area contributed by atoms with Gasteiger partial charge < -0.3 is 15.4 Å². The highest BCUT2D eigenvalue weighted by Gasteiger charge is 2.21. The molecule has 1 saturated carbocycles. The Morgan fingerprint density at radius 3 is 2.84 bits per heavy atom. The van der Waals surface area contributed by atoms with Gasteiger partial charge in [-0.3, -0.25) is 4.98 Å². The number of aromatic nitrogens is 6. The summed E-state index contributed by atoms with van der Waals surface area (Å²) in [6.45, 7) is 1.82. The standard InChI is InChI=1S/C20H19FN8O2/c1-10(13-4-2-3-5-14(13)21)23-18-26-16-11(8-15-17(30)27-20(31)25-15)9-22-29(16)19(28-18)24-12-6-7-12/h2-5,8-10,12,30H,6-7H2,1H3,(H,23,24,28)(H2,25,27,31)/b11-8+. The van der Waals surface area contributed by atoms with E-state index in [0.717, 1.165) is 12.8 Å². The zero-order chi connectivity index (χ0) is 21.5. The summed E-state index contributed by atoms with van der Waals surface area (Å²) < 4.78 is 15.7. The number of benzene rings is 1. The molecule has 0 saturated heterocycles. The molecule has 0 bridgehead atoms. The van der Waals surface area contributed by atoms with Gasteiger partial charge in [-0.15, -0.1) is 0 Å². The molecule has 11 heteroatoms. The molecular formula is C20H19FN8O2. The van der Waals surface area contributed by atoms with Gasteiger partial charge in [0, 0.05) is 10.8 Å². The first kappa shape index (κ1) is 19.0. The Kier molecular flexibility index (Phi) is 4.50. The fraction of sp³-hybridized carbons (Fsp3) is 0.250. The van der Waals surface area contributed by atoms with Crippen molar-refractivity contribution in [2.24, 2.45) is 4.99 Å². The third-order valence-electron chi connectivity index (χ3n) is 4.98. The Morgan fingerprint density at radius 1 is 1.32 bits per heavy atom. The number of halogens is 1. The van der Waals surface area contributed by atoms with Crippen molar-refractivity contribution in [1.29, 1.82) is 0 Å². The van der Waals surface area contributed by atoms with Crippen molar-refractivity contribution in [3.8, 4) is 5.88 Å². The molecule has 1 aliphatic carbocycles. The normalized spacial score (nSPS) is 16.2. The molecule has 4 N–H and O–H groups in total. The number of aromatic amines is 2. The van der Waals surface area contributed by atoms with Crippen LogP contribution in [0.3, 0.4) is 0 Å². The number of imidazole rings is 1. The van der Waals surface area contributed by atoms with Crippen LogP contribution in [0, 0.1) is 5.82 Å². The highest BCUT2D eigenvalue weighted by Crippen LogP contribution is 2.22. The van der Waals surface area contributed by atoms with Crippen LogP contribution in [0.25, 0.3) is 11.7 Å². The zero-order valence-electron chi connectivity index (χ0n) is 16.5. The first-order valence-electron chi connectivity index (χ1n) is 9.81. The monoisotopic (exact) mass is 422 g/mol. The van der Waals surface area contributed by atoms with Gasteiger partial charge in [0.05, 0.1) is 18.3 Å². The molecule has 0 amide bonds. The van der Waals surface area contributed by atoms with E-state index >= 15 is 0 Å². The largest absolute Gasteiger partial charge is 0.493 e. The summed E-state index contributed by atoms with van der Waals surface area (Å²) in [5.74, 6) is -0.339. The lowest BCUT2D eigenvalue weighted by atomic mass is 10.1. The molecule has 1 aliphatic rings. The van der Waals surface area contributed by atoms with E-state index in [1.807, 2.05) is 6.92 Å². The van der Waals surface area contributed by atoms with Gasteiger partial charge >= 0.3 is 5.69 Å². The lowest BCUT2D eigenvalue weighted by molar-refractivity contribution is 0.454. The average Bonchev–Trinajstić information content (AvgIpc) is 3.37. The van der Waals surface area contributed by atoms with E-state index in [4.69, 9.17) is 0 Å². The molecule has 4 aromatic rings. The summed E-state index contributed by atoms with van der Waals surface area (Å²) in [6.07, 6.45) is 5.06. The quantitative estimate of drug-likeness (QED) is 0.375. The van der Waals surface area contributed by atoms with Crippen LogP contribution in [0.5, 0.6) is 5.88 Å². The molecular weight excluding hydrogens is 403 g/mol. The topological polar surface area (TPSA) is 136 Å². The lowest BCUT2D eigenvalue weighted by Crippen LogP contribution is -2.25. The van der Waals surface area contributed by atoms with Gasteiger partial charge in [0.1, 0.15) is 11.5 Å². The fourth-order valence-corrected chi connectivity index (χ4v) is 3.24. The van der Waals surface area contributed by atoms with E-state index in [9.17, 15) is 14.3 Å². The van der Waals surface area contributed by atoms with Gasteiger partial charge in [0.25, 0.3) is 5.62 Å². The first-order chi connectivity index (χ1) is 15.0. The summed E-state index contributed by atoms with van der Waals surface area (Å²) in [6, 6.07) is 6.30. The molecule has 1 unspecified atom stereocenters. The summed E-state index contributed by atoms with van der Waals surface area (Å²) in [7, 11) is 0. The molecule has 158 valence electrons. The van der Waals surface area contributed by atoms with Crippen molar-refractivity contribution in [3.63, 3.8) is 0 Å². The van der Waals surface area contributed by atoms with Crippen LogP contribution >= 0.6 is 0 Å². The molecule has 31 heavy (non-hydrogen) atoms. The van der Waals surface area contributed by atoms with E-state index in [1.54, 1.807) is 30.5 Å². The van der Waals surface area contributed by atoms with Crippen molar-refractivity contribution in [2.75, 3.05) is 5.32 Å². The maximum atomic E-state index is 14.2. The van der Waals surface area contributed by atoms with E-state index < -0.39 is 11.7 Å². The minimum Gasteiger partial charge on any atom is -0.493 e. The first-order valence-corrected chi connectivity index (χ1v) is 9.81. The number of nitrogens with zero attached hydrogens (tertiary/aromatic N) is 5. The van der Waals surface area contributed by atoms with E-state index in [-0.39, 0.29) is 29.4 Å². The molecule has 5 rings (SSSR count). The van der Waals surface area contributed by atoms with Crippen molar-refractivity contribution in [3.05, 3.63) is 68.9 Å². The number of rotatable bonds is 5. The number of hydrogen-bond donors (Lipinski definition) is 4. The van der Waals surface area contributed by atoms with Gasteiger partial charge in [-0.2, -0.15) is 19.6 Å². The molecule has 1 atom stereocenters. The SMILES string of the molecule is CC(Nc1nc(=NC2CC2)n2nc/c(=C\c3[nH]c(=O)[nH]c3O)c2n1)c1ccccc1F. The second kappa shape index (κ2) is 7.35. The second-order valence-electron chi connectivity index (χ2n) is 7.42. The van der Waals surface area contributed by atoms with Crippen LogP contribution in [-0.2, 0) is 0 Å². The highest BCUT2D eigenvalue weighted by molar-refractivity contribution is 5.57. The number of fused-ring (bicyclic) bond motifs is 1. The Balaban J connectivity index is 1.63. The molecule has 3 heterocycles. The zero-order valence-corrected chi connectivity index (χ0v) is 16.5. The Morgan fingerprint density at radius 2 is 2.13 bits per heavy atom. The molecule has 0 aliphatic heterocycles. The summed E-state index contributed by atoms with van der Waals surface area (Å²) in [5, 5.41) is 17.9. The van der Waals surface area contributed by atoms with Crippen molar-refractivity contribution < 1.29 is 9.50 Å². The Bertz CT molecular complexity index is 1450. The maximum absolute atomic E-state index is 14.2. The second-order valence-corrected chi connectivity index (χ2v) is 7.42. The molecule has 10 nitrogen and oxygen atoms in total. The van der Waals surface area contributed by atoms with Crippen LogP contribution in [0.1, 0.15) is 37.1 Å². The summed E-state index contributed by atoms with van der Waals surface area (Å²) in [4.78, 5) is 29.8. The third kappa shape index (κ3) is 3.77. The predicted molar refractivity (Wildman–Crippen MR) is 110 cm³/mol. The molecule has 1 aromatic carbocycles. The molecule has 3 aromatic heterocycles. The molecule has 1 fully saturated rings. The minimum atomic E-state index is -0.527. The predicted octanol–water partition coefficient (Wildman–Crippen LogP) is 0.769. The number of hydrogen-bond acceptors (Lipinski definition) is 7. The third-order valence-corrected chi connectivity index (χ3v) is 4.98. The van der Waals surface area contributed by atoms with Gasteiger partial charge in [0.15, 0.2) is 5.65 Å². The fourth-order valence-electron chi connectivity index (χ4n) is 3.24. The van der Waals surface area contributed by atoms with Crippen molar-refractivity contribution >= 4 is 17.7 Å². The van der Waals surface area contributed by atoms with Crippen molar-refractivity contribution in [1.82, 2.24) is 29.5 Å². The summed E-state index contributed by atoms with van der Waals surface area (Å²) in [5.41, 5.74) is 0.969. The number of nitrogens with one attached hydrogen (secondary N) is 3. The van der Waals surface area contributed by atoms with Crippen LogP contribution in [0.2, 0.25) is 0 Å². The maximum Gasteiger partial charge on any atom is 0.326 e. The number of H-pyrrole nitrogens is 2. The van der Waals surface area contributed by atoms with Crippen LogP contribution in [0.4, 0.5) is 10.3 Å². The van der Waals surface area contributed by atoms with E-state index in [2.05, 4.69) is 35.3 Å². The van der Waals surface area contributed by atoms with E-state index in [1.165, 1.54) is 10.6 Å². The average molecular weight is 422 g/mol. The van der Waals surface area contributed by atoms with Gasteiger partial charge in [-0.25, -0.2) is 14.2 Å². The minimum absolute atomic E-state index is 0.191. The highest BCUT2D eigenvalue weighted by atomic mass is 19.1. The lowest BCUT2D eigenvalue weighted by Gasteiger charge is -2.14. The van der Waals surface area contributed by atoms with Gasteiger partial charge in [-0.1, -0.05) is 18.2 Å². The molecule has 0 spiro atoms. The van der Waals surface area contributed by atoms with Crippen LogP contribution in [0.15, 0.2) is 40.2 Å². The van der Waals surface area contributed by atoms with E-state index in [0.29, 0.717) is 22.0 Å². The van der Waals surface area contributed by atoms with Crippen LogP contribution in [-0.4, -0.2) is 40.7 Å². The Hall–Kier alpha value is -4.02. The number of anilines is 1. The number of aromatic hydroxyl groups is 1. The van der Waals surface area contributed by atoms with Gasteiger partial charge in [0.2, 0.25) is 11.8 Å². The Labute approximate surface area is 174 Å². The molecule has 0 radical (unpaired) electrons. The van der Waals surface area contributed by atoms with Crippen molar-refractivity contribution in [2.45, 2.75) is 31.8 Å². The van der Waals surface area contributed by atoms with Gasteiger partial charge in [-0.05, 0) is 31.9 Å². The smallest absolute Gasteiger partial charge is 0.326 e. The summed E-state index contributed by atoms with van der Waals surface area (Å²) >= 11 is 0.